The second-order valence-electron chi connectivity index (χ2n) is 13.4. The van der Waals surface area contributed by atoms with Crippen LogP contribution in [0.4, 0.5) is 23.7 Å². The Morgan fingerprint density at radius 1 is 1.15 bits per heavy atom. The molecule has 4 aliphatic heterocycles. The second kappa shape index (κ2) is 11.0. The largest absolute Gasteiger partial charge is 0.489 e. The number of rotatable bonds is 3. The van der Waals surface area contributed by atoms with Gasteiger partial charge in [0, 0.05) is 54.8 Å². The number of ether oxygens (including phenoxy) is 3. The normalized spacial score (nSPS) is 24.9. The van der Waals surface area contributed by atoms with Crippen molar-refractivity contribution in [2.24, 2.45) is 0 Å². The maximum absolute atomic E-state index is 16.9. The van der Waals surface area contributed by atoms with E-state index < -0.39 is 41.1 Å². The van der Waals surface area contributed by atoms with Gasteiger partial charge in [-0.05, 0) is 39.2 Å². The van der Waals surface area contributed by atoms with E-state index >= 15 is 8.78 Å². The number of nitriles is 1. The van der Waals surface area contributed by atoms with Crippen LogP contribution in [0.25, 0.3) is 11.1 Å². The molecule has 0 saturated carbocycles. The summed E-state index contributed by atoms with van der Waals surface area (Å²) in [7, 11) is 0. The van der Waals surface area contributed by atoms with Crippen LogP contribution in [0, 0.1) is 23.0 Å². The van der Waals surface area contributed by atoms with Crippen LogP contribution < -0.4 is 14.4 Å². The molecule has 0 aromatic heterocycles. The first-order chi connectivity index (χ1) is 21.9. The molecule has 11 heteroatoms. The van der Waals surface area contributed by atoms with Gasteiger partial charge < -0.3 is 24.0 Å². The van der Waals surface area contributed by atoms with Crippen molar-refractivity contribution in [1.82, 2.24) is 4.90 Å². The number of likely N-dealkylation sites (tertiary alicyclic amines) is 1. The maximum Gasteiger partial charge on any atom is 0.410 e. The standard InChI is InChI=1S/C35H33ClF3N3O4/c1-34(2,3)46-33(43)41-11-7-10-27(41)35(20-8-5-4-6-9-20)15-23-25(45-35)14-24(38)30(36)29(23)28-19(16-40)12-26-32(31(28)39)42-17-21(37)13-22(42)18-44-26/h4-6,8-9,12,14,21-22,27H,7,10-11,13,15,17-18H2,1-3H3/t21-,22-,27-,35-/m0/s1. The number of hydrogen-bond acceptors (Lipinski definition) is 6. The average Bonchev–Trinajstić information content (AvgIpc) is 3.74. The van der Waals surface area contributed by atoms with Crippen molar-refractivity contribution in [1.29, 1.82) is 5.26 Å². The number of carbonyl (C=O) groups excluding carboxylic acids is 1. The van der Waals surface area contributed by atoms with Gasteiger partial charge in [-0.3, -0.25) is 0 Å². The highest BCUT2D eigenvalue weighted by Gasteiger charge is 2.54. The van der Waals surface area contributed by atoms with E-state index in [-0.39, 0.29) is 70.9 Å². The molecule has 46 heavy (non-hydrogen) atoms. The first-order valence-corrected chi connectivity index (χ1v) is 15.8. The zero-order valence-corrected chi connectivity index (χ0v) is 26.5. The third-order valence-electron chi connectivity index (χ3n) is 9.36. The molecule has 240 valence electrons. The van der Waals surface area contributed by atoms with Gasteiger partial charge in [0.15, 0.2) is 11.4 Å². The molecule has 3 aromatic rings. The van der Waals surface area contributed by atoms with Crippen LogP contribution in [0.1, 0.15) is 56.7 Å². The van der Waals surface area contributed by atoms with E-state index in [1.54, 1.807) is 30.6 Å². The average molecular weight is 652 g/mol. The SMILES string of the molecule is CC(C)(C)OC(=O)N1CCC[C@H]1[C@@]1(c2ccccc2)Cc2c(cc(F)c(Cl)c2-c2c(C#N)cc3c(c2F)N2C[C@@H](F)C[C@H]2CO3)O1. The van der Waals surface area contributed by atoms with Gasteiger partial charge in [0.1, 0.15) is 47.5 Å². The minimum absolute atomic E-state index is 0.00810. The van der Waals surface area contributed by atoms with Gasteiger partial charge in [-0.25, -0.2) is 18.0 Å². The maximum atomic E-state index is 16.9. The Hall–Kier alpha value is -4.10. The molecule has 0 N–H and O–H groups in total. The molecule has 3 aromatic carbocycles. The van der Waals surface area contributed by atoms with Crippen LogP contribution in [0.5, 0.6) is 11.5 Å². The predicted octanol–water partition coefficient (Wildman–Crippen LogP) is 7.70. The molecule has 4 aliphatic rings. The van der Waals surface area contributed by atoms with E-state index in [4.69, 9.17) is 25.8 Å². The van der Waals surface area contributed by atoms with Crippen molar-refractivity contribution in [2.75, 3.05) is 24.6 Å². The number of carbonyl (C=O) groups is 1. The summed E-state index contributed by atoms with van der Waals surface area (Å²) in [4.78, 5) is 16.8. The quantitative estimate of drug-likeness (QED) is 0.289. The smallest absolute Gasteiger partial charge is 0.410 e. The molecule has 4 atom stereocenters. The molecule has 1 amide bonds. The van der Waals surface area contributed by atoms with Crippen molar-refractivity contribution >= 4 is 23.4 Å². The summed E-state index contributed by atoms with van der Waals surface area (Å²) < 4.78 is 65.4. The van der Waals surface area contributed by atoms with Crippen molar-refractivity contribution in [2.45, 2.75) is 75.9 Å². The van der Waals surface area contributed by atoms with Crippen LogP contribution in [0.2, 0.25) is 5.02 Å². The van der Waals surface area contributed by atoms with Gasteiger partial charge in [-0.15, -0.1) is 0 Å². The molecular formula is C35H33ClF3N3O4. The summed E-state index contributed by atoms with van der Waals surface area (Å²) in [6.07, 6.45) is -0.115. The molecule has 0 unspecified atom stereocenters. The zero-order valence-electron chi connectivity index (χ0n) is 25.7. The van der Waals surface area contributed by atoms with Crippen LogP contribution in [0.15, 0.2) is 42.5 Å². The minimum Gasteiger partial charge on any atom is -0.489 e. The molecule has 4 heterocycles. The Labute approximate surface area is 270 Å². The monoisotopic (exact) mass is 651 g/mol. The number of anilines is 1. The number of hydrogen-bond donors (Lipinski definition) is 0. The third kappa shape index (κ3) is 4.82. The van der Waals surface area contributed by atoms with Gasteiger partial charge in [0.05, 0.1) is 22.7 Å². The Morgan fingerprint density at radius 3 is 2.63 bits per heavy atom. The molecule has 0 radical (unpaired) electrons. The summed E-state index contributed by atoms with van der Waals surface area (Å²) in [5, 5.41) is 9.85. The lowest BCUT2D eigenvalue weighted by Crippen LogP contribution is -2.53. The van der Waals surface area contributed by atoms with Gasteiger partial charge in [0.2, 0.25) is 0 Å². The van der Waals surface area contributed by atoms with E-state index in [0.29, 0.717) is 24.9 Å². The van der Waals surface area contributed by atoms with Crippen molar-refractivity contribution in [3.8, 4) is 28.7 Å². The van der Waals surface area contributed by atoms with Crippen LogP contribution in [0.3, 0.4) is 0 Å². The summed E-state index contributed by atoms with van der Waals surface area (Å²) in [6.45, 7) is 5.96. The lowest BCUT2D eigenvalue weighted by molar-refractivity contribution is -0.0216. The summed E-state index contributed by atoms with van der Waals surface area (Å²) in [5.41, 5.74) is -1.07. The minimum atomic E-state index is -1.20. The molecule has 2 fully saturated rings. The summed E-state index contributed by atoms with van der Waals surface area (Å²) >= 11 is 6.68. The number of amides is 1. The topological polar surface area (TPSA) is 75.0 Å². The van der Waals surface area contributed by atoms with E-state index in [1.807, 2.05) is 36.4 Å². The molecule has 0 spiro atoms. The number of alkyl halides is 1. The Bertz CT molecular complexity index is 1780. The summed E-state index contributed by atoms with van der Waals surface area (Å²) in [6, 6.07) is 13.1. The lowest BCUT2D eigenvalue weighted by atomic mass is 9.79. The highest BCUT2D eigenvalue weighted by molar-refractivity contribution is 6.34. The Balaban J connectivity index is 1.41. The van der Waals surface area contributed by atoms with Crippen molar-refractivity contribution < 1.29 is 32.2 Å². The predicted molar refractivity (Wildman–Crippen MR) is 166 cm³/mol. The van der Waals surface area contributed by atoms with Gasteiger partial charge in [-0.1, -0.05) is 41.9 Å². The third-order valence-corrected chi connectivity index (χ3v) is 9.73. The summed E-state index contributed by atoms with van der Waals surface area (Å²) in [5.74, 6) is -1.43. The van der Waals surface area contributed by atoms with Crippen LogP contribution in [-0.4, -0.2) is 54.5 Å². The fraction of sp³-hybridized carbons (Fsp3) is 0.429. The zero-order chi connectivity index (χ0) is 32.5. The fourth-order valence-electron chi connectivity index (χ4n) is 7.52. The number of fused-ring (bicyclic) bond motifs is 4. The lowest BCUT2D eigenvalue weighted by Gasteiger charge is -2.40. The molecule has 0 bridgehead atoms. The first kappa shape index (κ1) is 30.5. The first-order valence-electron chi connectivity index (χ1n) is 15.5. The highest BCUT2D eigenvalue weighted by Crippen LogP contribution is 2.55. The highest BCUT2D eigenvalue weighted by atomic mass is 35.5. The molecule has 7 rings (SSSR count). The second-order valence-corrected chi connectivity index (χ2v) is 13.8. The van der Waals surface area contributed by atoms with E-state index in [2.05, 4.69) is 0 Å². The molecule has 2 saturated heterocycles. The number of nitrogens with zero attached hydrogens (tertiary/aromatic N) is 3. The molecule has 7 nitrogen and oxygen atoms in total. The number of halogens is 4. The fourth-order valence-corrected chi connectivity index (χ4v) is 7.78. The van der Waals surface area contributed by atoms with Gasteiger partial charge >= 0.3 is 6.09 Å². The van der Waals surface area contributed by atoms with Crippen molar-refractivity contribution in [3.05, 3.63) is 75.8 Å². The molecule has 0 aliphatic carbocycles. The van der Waals surface area contributed by atoms with E-state index in [0.717, 1.165) is 5.56 Å². The van der Waals surface area contributed by atoms with Crippen LogP contribution >= 0.6 is 11.6 Å². The van der Waals surface area contributed by atoms with Gasteiger partial charge in [0.25, 0.3) is 0 Å². The van der Waals surface area contributed by atoms with Crippen molar-refractivity contribution in [3.63, 3.8) is 0 Å². The number of benzene rings is 3. The van der Waals surface area contributed by atoms with Gasteiger partial charge in [-0.2, -0.15) is 5.26 Å². The Kier molecular flexibility index (Phi) is 7.31. The van der Waals surface area contributed by atoms with Crippen LogP contribution in [-0.2, 0) is 16.8 Å². The van der Waals surface area contributed by atoms with E-state index in [1.165, 1.54) is 12.1 Å². The Morgan fingerprint density at radius 2 is 1.91 bits per heavy atom. The molecular weight excluding hydrogens is 619 g/mol. The van der Waals surface area contributed by atoms with E-state index in [9.17, 15) is 14.4 Å².